The fraction of sp³-hybridized carbons (Fsp3) is 0.375. The fourth-order valence-corrected chi connectivity index (χ4v) is 4.08. The van der Waals surface area contributed by atoms with Gasteiger partial charge >= 0.3 is 0 Å². The molecule has 4 rings (SSSR count). The lowest BCUT2D eigenvalue weighted by atomic mass is 9.95. The number of ether oxygens (including phenoxy) is 1. The van der Waals surface area contributed by atoms with E-state index in [0.29, 0.717) is 13.1 Å². The Morgan fingerprint density at radius 1 is 1.16 bits per heavy atom. The molecule has 0 radical (unpaired) electrons. The van der Waals surface area contributed by atoms with Crippen LogP contribution in [0.25, 0.3) is 11.1 Å². The molecule has 0 bridgehead atoms. The lowest BCUT2D eigenvalue weighted by Gasteiger charge is -2.32. The highest BCUT2D eigenvalue weighted by molar-refractivity contribution is 5.79. The van der Waals surface area contributed by atoms with Crippen LogP contribution in [0, 0.1) is 0 Å². The van der Waals surface area contributed by atoms with Crippen LogP contribution in [0.3, 0.4) is 0 Å². The maximum Gasteiger partial charge on any atom is 0.224 e. The van der Waals surface area contributed by atoms with E-state index in [1.54, 1.807) is 7.11 Å². The Morgan fingerprint density at radius 2 is 1.87 bits per heavy atom. The predicted octanol–water partition coefficient (Wildman–Crippen LogP) is 3.81. The van der Waals surface area contributed by atoms with E-state index in [1.807, 2.05) is 53.4 Å². The van der Waals surface area contributed by atoms with Gasteiger partial charge in [0.05, 0.1) is 19.6 Å². The standard InChI is InChI=1S/C24H27N3O4/c1-16(28)25-21(17-7-9-19(30-2)10-8-17)15-23(29)27-13-11-18(12-14-27)24-26-20-5-3-4-6-22(20)31-24/h3-10,18,21H,11-15H2,1-2H3,(H,25,28). The van der Waals surface area contributed by atoms with Crippen molar-refractivity contribution >= 4 is 22.9 Å². The second-order valence-electron chi connectivity index (χ2n) is 7.91. The zero-order valence-corrected chi connectivity index (χ0v) is 17.8. The number of methoxy groups -OCH3 is 1. The minimum Gasteiger partial charge on any atom is -0.497 e. The van der Waals surface area contributed by atoms with Crippen molar-refractivity contribution in [2.24, 2.45) is 0 Å². The van der Waals surface area contributed by atoms with Gasteiger partial charge in [0, 0.05) is 25.9 Å². The van der Waals surface area contributed by atoms with Crippen molar-refractivity contribution in [2.45, 2.75) is 38.1 Å². The van der Waals surface area contributed by atoms with E-state index < -0.39 is 0 Å². The van der Waals surface area contributed by atoms with E-state index in [9.17, 15) is 9.59 Å². The van der Waals surface area contributed by atoms with Crippen LogP contribution in [0.2, 0.25) is 0 Å². The molecule has 0 spiro atoms. The fourth-order valence-electron chi connectivity index (χ4n) is 4.08. The minimum absolute atomic E-state index is 0.0329. The number of rotatable bonds is 6. The molecule has 2 amide bonds. The van der Waals surface area contributed by atoms with E-state index in [1.165, 1.54) is 6.92 Å². The van der Waals surface area contributed by atoms with Crippen molar-refractivity contribution in [3.8, 4) is 5.75 Å². The number of hydrogen-bond acceptors (Lipinski definition) is 5. The molecule has 0 saturated carbocycles. The van der Waals surface area contributed by atoms with Crippen molar-refractivity contribution in [3.05, 3.63) is 60.0 Å². The summed E-state index contributed by atoms with van der Waals surface area (Å²) in [4.78, 5) is 31.2. The Bertz CT molecular complexity index is 1020. The SMILES string of the molecule is COc1ccc(C(CC(=O)N2CCC(c3nc4ccccc4o3)CC2)NC(C)=O)cc1. The molecule has 2 aromatic carbocycles. The molecular weight excluding hydrogens is 394 g/mol. The predicted molar refractivity (Wildman–Crippen MR) is 117 cm³/mol. The van der Waals surface area contributed by atoms with Crippen LogP contribution in [0.4, 0.5) is 0 Å². The first-order valence-electron chi connectivity index (χ1n) is 10.6. The number of benzene rings is 2. The van der Waals surface area contributed by atoms with Gasteiger partial charge in [-0.2, -0.15) is 0 Å². The van der Waals surface area contributed by atoms with Crippen molar-refractivity contribution in [1.29, 1.82) is 0 Å². The number of likely N-dealkylation sites (tertiary alicyclic amines) is 1. The smallest absolute Gasteiger partial charge is 0.224 e. The van der Waals surface area contributed by atoms with Gasteiger partial charge in [-0.25, -0.2) is 4.98 Å². The van der Waals surface area contributed by atoms with Crippen molar-refractivity contribution < 1.29 is 18.7 Å². The van der Waals surface area contributed by atoms with E-state index in [2.05, 4.69) is 10.3 Å². The normalized spacial score (nSPS) is 15.6. The Labute approximate surface area is 181 Å². The second kappa shape index (κ2) is 9.20. The molecule has 1 aromatic heterocycles. The molecule has 1 N–H and O–H groups in total. The minimum atomic E-state index is -0.370. The Hall–Kier alpha value is -3.35. The summed E-state index contributed by atoms with van der Waals surface area (Å²) >= 11 is 0. The first-order chi connectivity index (χ1) is 15.0. The topological polar surface area (TPSA) is 84.7 Å². The zero-order chi connectivity index (χ0) is 21.8. The lowest BCUT2D eigenvalue weighted by Crippen LogP contribution is -2.40. The van der Waals surface area contributed by atoms with Crippen LogP contribution in [0.1, 0.15) is 49.6 Å². The molecule has 1 aliphatic heterocycles. The highest BCUT2D eigenvalue weighted by atomic mass is 16.5. The molecule has 1 aliphatic rings. The quantitative estimate of drug-likeness (QED) is 0.654. The highest BCUT2D eigenvalue weighted by Crippen LogP contribution is 2.31. The Morgan fingerprint density at radius 3 is 2.52 bits per heavy atom. The van der Waals surface area contributed by atoms with Gasteiger partial charge in [0.1, 0.15) is 11.3 Å². The number of fused-ring (bicyclic) bond motifs is 1. The van der Waals surface area contributed by atoms with Gasteiger partial charge in [-0.05, 0) is 42.7 Å². The molecule has 1 saturated heterocycles. The van der Waals surface area contributed by atoms with Crippen LogP contribution >= 0.6 is 0 Å². The van der Waals surface area contributed by atoms with Crippen molar-refractivity contribution in [1.82, 2.24) is 15.2 Å². The van der Waals surface area contributed by atoms with Gasteiger partial charge in [-0.1, -0.05) is 24.3 Å². The molecule has 1 atom stereocenters. The van der Waals surface area contributed by atoms with Crippen LogP contribution in [0.15, 0.2) is 52.9 Å². The first-order valence-corrected chi connectivity index (χ1v) is 10.6. The Balaban J connectivity index is 1.38. The summed E-state index contributed by atoms with van der Waals surface area (Å²) in [5.74, 6) is 1.57. The highest BCUT2D eigenvalue weighted by Gasteiger charge is 2.28. The summed E-state index contributed by atoms with van der Waals surface area (Å²) in [6, 6.07) is 14.8. The lowest BCUT2D eigenvalue weighted by molar-refractivity contribution is -0.133. The molecule has 2 heterocycles. The molecule has 162 valence electrons. The average Bonchev–Trinajstić information content (AvgIpc) is 3.23. The number of hydrogen-bond donors (Lipinski definition) is 1. The number of carbonyl (C=O) groups excluding carboxylic acids is 2. The number of aromatic nitrogens is 1. The number of nitrogens with zero attached hydrogens (tertiary/aromatic N) is 2. The summed E-state index contributed by atoms with van der Waals surface area (Å²) in [5, 5.41) is 2.90. The van der Waals surface area contributed by atoms with E-state index in [0.717, 1.165) is 41.1 Å². The van der Waals surface area contributed by atoms with Gasteiger partial charge in [-0.3, -0.25) is 9.59 Å². The van der Waals surface area contributed by atoms with Gasteiger partial charge in [-0.15, -0.1) is 0 Å². The number of amides is 2. The molecular formula is C24H27N3O4. The number of carbonyl (C=O) groups is 2. The van der Waals surface area contributed by atoms with Crippen molar-refractivity contribution in [3.63, 3.8) is 0 Å². The summed E-state index contributed by atoms with van der Waals surface area (Å²) in [6.45, 7) is 2.77. The average molecular weight is 421 g/mol. The third kappa shape index (κ3) is 4.87. The maximum atomic E-state index is 13.0. The molecule has 0 aliphatic carbocycles. The van der Waals surface area contributed by atoms with E-state index in [4.69, 9.17) is 9.15 Å². The van der Waals surface area contributed by atoms with Gasteiger partial charge in [0.15, 0.2) is 11.5 Å². The van der Waals surface area contributed by atoms with Crippen LogP contribution < -0.4 is 10.1 Å². The van der Waals surface area contributed by atoms with E-state index >= 15 is 0 Å². The van der Waals surface area contributed by atoms with E-state index in [-0.39, 0.29) is 30.2 Å². The largest absolute Gasteiger partial charge is 0.497 e. The molecule has 1 unspecified atom stereocenters. The summed E-state index contributed by atoms with van der Waals surface area (Å²) < 4.78 is 11.1. The molecule has 3 aromatic rings. The molecule has 7 heteroatoms. The zero-order valence-electron chi connectivity index (χ0n) is 17.8. The van der Waals surface area contributed by atoms with Crippen LogP contribution in [-0.2, 0) is 9.59 Å². The van der Waals surface area contributed by atoms with Crippen LogP contribution in [-0.4, -0.2) is 41.9 Å². The Kier molecular flexibility index (Phi) is 6.21. The van der Waals surface area contributed by atoms with Gasteiger partial charge in [0.25, 0.3) is 0 Å². The third-order valence-corrected chi connectivity index (χ3v) is 5.78. The number of oxazole rings is 1. The van der Waals surface area contributed by atoms with Gasteiger partial charge in [0.2, 0.25) is 11.8 Å². The maximum absolute atomic E-state index is 13.0. The summed E-state index contributed by atoms with van der Waals surface area (Å²) in [5.41, 5.74) is 2.55. The molecule has 31 heavy (non-hydrogen) atoms. The number of piperidine rings is 1. The van der Waals surface area contributed by atoms with Crippen molar-refractivity contribution in [2.75, 3.05) is 20.2 Å². The molecule has 7 nitrogen and oxygen atoms in total. The molecule has 1 fully saturated rings. The number of para-hydroxylation sites is 2. The van der Waals surface area contributed by atoms with Gasteiger partial charge < -0.3 is 19.4 Å². The number of nitrogens with one attached hydrogen (secondary N) is 1. The first kappa shape index (κ1) is 20.9. The monoisotopic (exact) mass is 421 g/mol. The third-order valence-electron chi connectivity index (χ3n) is 5.78. The summed E-state index contributed by atoms with van der Waals surface area (Å²) in [7, 11) is 1.61. The summed E-state index contributed by atoms with van der Waals surface area (Å²) in [6.07, 6.45) is 1.84. The second-order valence-corrected chi connectivity index (χ2v) is 7.91. The van der Waals surface area contributed by atoms with Crippen LogP contribution in [0.5, 0.6) is 5.75 Å².